The van der Waals surface area contributed by atoms with Gasteiger partial charge in [0.1, 0.15) is 11.6 Å². The predicted octanol–water partition coefficient (Wildman–Crippen LogP) is 2.75. The van der Waals surface area contributed by atoms with Crippen molar-refractivity contribution in [2.75, 3.05) is 63.8 Å². The molecule has 2 saturated heterocycles. The van der Waals surface area contributed by atoms with E-state index in [4.69, 9.17) is 11.6 Å². The number of amides is 1. The van der Waals surface area contributed by atoms with Crippen molar-refractivity contribution in [1.82, 2.24) is 24.7 Å². The highest BCUT2D eigenvalue weighted by atomic mass is 35.5. The molecule has 9 heteroatoms. The number of hydrogen-bond acceptors (Lipinski definition) is 6. The Morgan fingerprint density at radius 2 is 1.76 bits per heavy atom. The third kappa shape index (κ3) is 5.13. The number of aromatic nitrogens is 2. The van der Waals surface area contributed by atoms with E-state index in [9.17, 15) is 9.18 Å². The van der Waals surface area contributed by atoms with Gasteiger partial charge < -0.3 is 9.80 Å². The molecule has 7 nitrogen and oxygen atoms in total. The number of piperazine rings is 2. The molecule has 5 rings (SSSR count). The number of carbonyl (C=O) groups is 1. The summed E-state index contributed by atoms with van der Waals surface area (Å²) in [5, 5.41) is 0.0734. The van der Waals surface area contributed by atoms with Crippen LogP contribution in [0.15, 0.2) is 30.6 Å². The summed E-state index contributed by atoms with van der Waals surface area (Å²) in [6, 6.07) is 5.31. The molecular weight excluding hydrogens is 443 g/mol. The van der Waals surface area contributed by atoms with E-state index in [2.05, 4.69) is 24.7 Å². The highest BCUT2D eigenvalue weighted by Crippen LogP contribution is 2.26. The van der Waals surface area contributed by atoms with Gasteiger partial charge in [0.2, 0.25) is 5.91 Å². The second-order valence-electron chi connectivity index (χ2n) is 9.15. The molecule has 1 aliphatic carbocycles. The van der Waals surface area contributed by atoms with Crippen LogP contribution >= 0.6 is 11.6 Å². The average molecular weight is 473 g/mol. The van der Waals surface area contributed by atoms with Gasteiger partial charge in [-0.15, -0.1) is 0 Å². The predicted molar refractivity (Wildman–Crippen MR) is 127 cm³/mol. The van der Waals surface area contributed by atoms with Gasteiger partial charge in [-0.1, -0.05) is 18.0 Å². The van der Waals surface area contributed by atoms with Crippen LogP contribution in [0.25, 0.3) is 11.3 Å². The summed E-state index contributed by atoms with van der Waals surface area (Å²) in [5.41, 5.74) is 1.39. The van der Waals surface area contributed by atoms with Crippen LogP contribution in [-0.4, -0.2) is 95.5 Å². The first-order valence-corrected chi connectivity index (χ1v) is 12.2. The highest BCUT2D eigenvalue weighted by Gasteiger charge is 2.30. The molecular formula is C24H30ClFN6O. The number of benzene rings is 1. The molecule has 176 valence electrons. The van der Waals surface area contributed by atoms with Gasteiger partial charge in [-0.05, 0) is 31.0 Å². The maximum Gasteiger partial charge on any atom is 0.236 e. The van der Waals surface area contributed by atoms with Crippen molar-refractivity contribution in [2.24, 2.45) is 0 Å². The second kappa shape index (κ2) is 9.91. The molecule has 0 N–H and O–H groups in total. The molecule has 33 heavy (non-hydrogen) atoms. The number of halogens is 2. The van der Waals surface area contributed by atoms with Gasteiger partial charge in [0.05, 0.1) is 29.7 Å². The van der Waals surface area contributed by atoms with E-state index in [0.717, 1.165) is 69.8 Å². The van der Waals surface area contributed by atoms with Gasteiger partial charge in [-0.2, -0.15) is 0 Å². The van der Waals surface area contributed by atoms with E-state index in [0.29, 0.717) is 12.2 Å². The van der Waals surface area contributed by atoms with Gasteiger partial charge >= 0.3 is 0 Å². The molecule has 1 amide bonds. The molecule has 0 spiro atoms. The van der Waals surface area contributed by atoms with Crippen LogP contribution < -0.4 is 4.90 Å². The molecule has 2 aromatic rings. The Bertz CT molecular complexity index is 969. The zero-order valence-corrected chi connectivity index (χ0v) is 19.6. The summed E-state index contributed by atoms with van der Waals surface area (Å²) in [7, 11) is 0. The van der Waals surface area contributed by atoms with Gasteiger partial charge in [-0.25, -0.2) is 9.37 Å². The Hall–Kier alpha value is -2.29. The van der Waals surface area contributed by atoms with Crippen LogP contribution in [0.2, 0.25) is 5.02 Å². The molecule has 0 unspecified atom stereocenters. The second-order valence-corrected chi connectivity index (χ2v) is 9.56. The van der Waals surface area contributed by atoms with E-state index in [1.54, 1.807) is 24.5 Å². The third-order valence-electron chi connectivity index (χ3n) is 7.17. The quantitative estimate of drug-likeness (QED) is 0.667. The normalized spacial score (nSPS) is 20.7. The lowest BCUT2D eigenvalue weighted by atomic mass is 9.91. The van der Waals surface area contributed by atoms with Crippen LogP contribution in [0.5, 0.6) is 0 Å². The number of carbonyl (C=O) groups excluding carboxylic acids is 1. The summed E-state index contributed by atoms with van der Waals surface area (Å²) >= 11 is 5.88. The molecule has 3 aliphatic rings. The number of nitrogens with zero attached hydrogens (tertiary/aromatic N) is 6. The van der Waals surface area contributed by atoms with E-state index >= 15 is 0 Å². The van der Waals surface area contributed by atoms with Crippen LogP contribution in [0, 0.1) is 5.82 Å². The molecule has 0 bridgehead atoms. The Kier molecular flexibility index (Phi) is 6.76. The van der Waals surface area contributed by atoms with Crippen molar-refractivity contribution in [3.05, 3.63) is 41.4 Å². The van der Waals surface area contributed by atoms with Gasteiger partial charge in [0, 0.05) is 64.0 Å². The fraction of sp³-hybridized carbons (Fsp3) is 0.542. The van der Waals surface area contributed by atoms with Crippen molar-refractivity contribution in [3.8, 4) is 11.3 Å². The summed E-state index contributed by atoms with van der Waals surface area (Å²) < 4.78 is 13.4. The minimum atomic E-state index is -0.447. The first kappa shape index (κ1) is 22.5. The summed E-state index contributed by atoms with van der Waals surface area (Å²) in [6.07, 6.45) is 7.44. The first-order valence-electron chi connectivity index (χ1n) is 11.8. The highest BCUT2D eigenvalue weighted by molar-refractivity contribution is 6.31. The number of anilines is 1. The Balaban J connectivity index is 1.09. The Morgan fingerprint density at radius 1 is 1.00 bits per heavy atom. The van der Waals surface area contributed by atoms with E-state index in [1.807, 2.05) is 4.90 Å². The van der Waals surface area contributed by atoms with Crippen molar-refractivity contribution in [2.45, 2.75) is 25.3 Å². The molecule has 1 saturated carbocycles. The van der Waals surface area contributed by atoms with Crippen molar-refractivity contribution >= 4 is 23.3 Å². The Morgan fingerprint density at radius 3 is 2.36 bits per heavy atom. The lowest BCUT2D eigenvalue weighted by molar-refractivity contribution is -0.134. The summed E-state index contributed by atoms with van der Waals surface area (Å²) in [6.45, 7) is 7.50. The van der Waals surface area contributed by atoms with Crippen molar-refractivity contribution < 1.29 is 9.18 Å². The first-order chi connectivity index (χ1) is 16.1. The topological polar surface area (TPSA) is 55.8 Å². The monoisotopic (exact) mass is 472 g/mol. The lowest BCUT2D eigenvalue weighted by Gasteiger charge is -2.43. The van der Waals surface area contributed by atoms with Crippen molar-refractivity contribution in [3.63, 3.8) is 0 Å². The molecule has 1 aromatic carbocycles. The fourth-order valence-corrected chi connectivity index (χ4v) is 4.98. The average Bonchev–Trinajstić information content (AvgIpc) is 2.81. The molecule has 2 aliphatic heterocycles. The van der Waals surface area contributed by atoms with Gasteiger partial charge in [0.25, 0.3) is 0 Å². The van der Waals surface area contributed by atoms with E-state index in [-0.39, 0.29) is 10.9 Å². The number of rotatable bonds is 5. The standard InChI is InChI=1S/C24H30ClFN6O/c25-20-14-18(4-5-21(20)26)22-15-28-23(16-27-22)31-8-6-29(7-9-31)17-24(33)32-12-10-30(11-13-32)19-2-1-3-19/h4-5,14-16,19H,1-3,6-13,17H2. The van der Waals surface area contributed by atoms with Crippen LogP contribution in [0.3, 0.4) is 0 Å². The summed E-state index contributed by atoms with van der Waals surface area (Å²) in [5.74, 6) is 0.612. The van der Waals surface area contributed by atoms with Crippen molar-refractivity contribution in [1.29, 1.82) is 0 Å². The van der Waals surface area contributed by atoms with Crippen LogP contribution in [-0.2, 0) is 4.79 Å². The molecule has 0 radical (unpaired) electrons. The lowest BCUT2D eigenvalue weighted by Crippen LogP contribution is -2.56. The van der Waals surface area contributed by atoms with E-state index in [1.165, 1.54) is 25.3 Å². The third-order valence-corrected chi connectivity index (χ3v) is 7.46. The molecule has 3 fully saturated rings. The van der Waals surface area contributed by atoms with E-state index < -0.39 is 5.82 Å². The zero-order chi connectivity index (χ0) is 22.8. The molecule has 3 heterocycles. The largest absolute Gasteiger partial charge is 0.353 e. The SMILES string of the molecule is O=C(CN1CCN(c2cnc(-c3ccc(F)c(Cl)c3)cn2)CC1)N1CCN(C2CCC2)CC1. The maximum absolute atomic E-state index is 13.4. The number of hydrogen-bond donors (Lipinski definition) is 0. The maximum atomic E-state index is 13.4. The zero-order valence-electron chi connectivity index (χ0n) is 18.8. The minimum Gasteiger partial charge on any atom is -0.353 e. The molecule has 1 aromatic heterocycles. The summed E-state index contributed by atoms with van der Waals surface area (Å²) in [4.78, 5) is 30.8. The fourth-order valence-electron chi connectivity index (χ4n) is 4.80. The Labute approximate surface area is 199 Å². The smallest absolute Gasteiger partial charge is 0.236 e. The molecule has 0 atom stereocenters. The van der Waals surface area contributed by atoms with Crippen LogP contribution in [0.4, 0.5) is 10.2 Å². The van der Waals surface area contributed by atoms with Gasteiger partial charge in [0.15, 0.2) is 0 Å². The minimum absolute atomic E-state index is 0.0734. The van der Waals surface area contributed by atoms with Crippen LogP contribution in [0.1, 0.15) is 19.3 Å². The van der Waals surface area contributed by atoms with Gasteiger partial charge in [-0.3, -0.25) is 19.6 Å².